The van der Waals surface area contributed by atoms with Gasteiger partial charge in [0.1, 0.15) is 6.20 Å². The standard InChI is InChI=1S/C11H17N5O3/c1-7(6-19-2)13-11-12-5-9(16(17)18)10(15-11)14-8-3-4-8/h5,7-8H,3-4,6H2,1-2H3,(H2,12,13,14,15). The van der Waals surface area contributed by atoms with Crippen LogP contribution in [0.4, 0.5) is 17.5 Å². The second-order valence-electron chi connectivity index (χ2n) is 4.60. The molecule has 0 aliphatic heterocycles. The molecule has 1 aromatic rings. The molecule has 2 N–H and O–H groups in total. The SMILES string of the molecule is COCC(C)Nc1ncc([N+](=O)[O-])c(NC2CC2)n1. The van der Waals surface area contributed by atoms with Crippen molar-refractivity contribution in [1.29, 1.82) is 0 Å². The summed E-state index contributed by atoms with van der Waals surface area (Å²) in [7, 11) is 1.61. The minimum Gasteiger partial charge on any atom is -0.383 e. The average Bonchev–Trinajstić information content (AvgIpc) is 3.13. The number of hydrogen-bond acceptors (Lipinski definition) is 7. The first-order chi connectivity index (χ1) is 9.10. The molecule has 0 bridgehead atoms. The zero-order valence-corrected chi connectivity index (χ0v) is 10.9. The van der Waals surface area contributed by atoms with Crippen LogP contribution in [-0.4, -0.2) is 40.7 Å². The van der Waals surface area contributed by atoms with Gasteiger partial charge in [0.15, 0.2) is 0 Å². The number of nitrogens with zero attached hydrogens (tertiary/aromatic N) is 3. The maximum atomic E-state index is 10.9. The largest absolute Gasteiger partial charge is 0.383 e. The Hall–Kier alpha value is -1.96. The molecule has 0 aromatic carbocycles. The van der Waals surface area contributed by atoms with Gasteiger partial charge in [-0.25, -0.2) is 4.98 Å². The fourth-order valence-electron chi connectivity index (χ4n) is 1.62. The van der Waals surface area contributed by atoms with E-state index in [1.165, 1.54) is 6.20 Å². The predicted molar refractivity (Wildman–Crippen MR) is 70.3 cm³/mol. The van der Waals surface area contributed by atoms with E-state index in [4.69, 9.17) is 4.74 Å². The maximum absolute atomic E-state index is 10.9. The normalized spacial score (nSPS) is 15.9. The highest BCUT2D eigenvalue weighted by Gasteiger charge is 2.26. The minimum atomic E-state index is -0.479. The van der Waals surface area contributed by atoms with Crippen molar-refractivity contribution in [2.45, 2.75) is 31.8 Å². The molecule has 0 amide bonds. The fourth-order valence-corrected chi connectivity index (χ4v) is 1.62. The van der Waals surface area contributed by atoms with E-state index in [0.717, 1.165) is 12.8 Å². The van der Waals surface area contributed by atoms with Crippen LogP contribution in [0.3, 0.4) is 0 Å². The summed E-state index contributed by atoms with van der Waals surface area (Å²) in [6.07, 6.45) is 3.26. The summed E-state index contributed by atoms with van der Waals surface area (Å²) in [6, 6.07) is 0.318. The van der Waals surface area contributed by atoms with Crippen molar-refractivity contribution in [1.82, 2.24) is 9.97 Å². The monoisotopic (exact) mass is 267 g/mol. The van der Waals surface area contributed by atoms with E-state index in [1.54, 1.807) is 7.11 Å². The van der Waals surface area contributed by atoms with Crippen molar-refractivity contribution in [3.05, 3.63) is 16.3 Å². The molecule has 0 spiro atoms. The van der Waals surface area contributed by atoms with Crippen LogP contribution in [-0.2, 0) is 4.74 Å². The number of nitro groups is 1. The summed E-state index contributed by atoms with van der Waals surface area (Å²) in [5.41, 5.74) is -0.100. The second kappa shape index (κ2) is 5.79. The van der Waals surface area contributed by atoms with Crippen molar-refractivity contribution < 1.29 is 9.66 Å². The maximum Gasteiger partial charge on any atom is 0.329 e. The highest BCUT2D eigenvalue weighted by atomic mass is 16.6. The smallest absolute Gasteiger partial charge is 0.329 e. The van der Waals surface area contributed by atoms with Crippen molar-refractivity contribution in [3.8, 4) is 0 Å². The molecule has 1 unspecified atom stereocenters. The quantitative estimate of drug-likeness (QED) is 0.568. The van der Waals surface area contributed by atoms with Gasteiger partial charge in [-0.3, -0.25) is 10.1 Å². The van der Waals surface area contributed by atoms with Crippen molar-refractivity contribution in [2.24, 2.45) is 0 Å². The first kappa shape index (κ1) is 13.5. The number of aromatic nitrogens is 2. The average molecular weight is 267 g/mol. The zero-order chi connectivity index (χ0) is 13.8. The number of nitrogens with one attached hydrogen (secondary N) is 2. The number of rotatable bonds is 7. The van der Waals surface area contributed by atoms with Crippen LogP contribution in [0, 0.1) is 10.1 Å². The minimum absolute atomic E-state index is 0.0280. The first-order valence-electron chi connectivity index (χ1n) is 6.13. The molecule has 19 heavy (non-hydrogen) atoms. The molecule has 8 nitrogen and oxygen atoms in total. The Morgan fingerprint density at radius 1 is 1.63 bits per heavy atom. The molecular formula is C11H17N5O3. The molecule has 1 fully saturated rings. The van der Waals surface area contributed by atoms with E-state index in [-0.39, 0.29) is 23.6 Å². The third-order valence-corrected chi connectivity index (χ3v) is 2.68. The van der Waals surface area contributed by atoms with E-state index < -0.39 is 4.92 Å². The van der Waals surface area contributed by atoms with Gasteiger partial charge in [0.05, 0.1) is 11.5 Å². The van der Waals surface area contributed by atoms with Gasteiger partial charge in [0, 0.05) is 19.2 Å². The summed E-state index contributed by atoms with van der Waals surface area (Å²) in [4.78, 5) is 18.5. The van der Waals surface area contributed by atoms with Gasteiger partial charge in [0.25, 0.3) is 0 Å². The zero-order valence-electron chi connectivity index (χ0n) is 10.9. The van der Waals surface area contributed by atoms with Gasteiger partial charge in [-0.05, 0) is 19.8 Å². The lowest BCUT2D eigenvalue weighted by Crippen LogP contribution is -2.22. The van der Waals surface area contributed by atoms with Gasteiger partial charge < -0.3 is 15.4 Å². The Balaban J connectivity index is 2.14. The number of methoxy groups -OCH3 is 1. The second-order valence-corrected chi connectivity index (χ2v) is 4.60. The van der Waals surface area contributed by atoms with Crippen molar-refractivity contribution in [3.63, 3.8) is 0 Å². The third-order valence-electron chi connectivity index (χ3n) is 2.68. The first-order valence-corrected chi connectivity index (χ1v) is 6.13. The molecule has 1 saturated carbocycles. The van der Waals surface area contributed by atoms with Gasteiger partial charge in [-0.15, -0.1) is 0 Å². The number of hydrogen-bond donors (Lipinski definition) is 2. The molecule has 8 heteroatoms. The lowest BCUT2D eigenvalue weighted by molar-refractivity contribution is -0.384. The fraction of sp³-hybridized carbons (Fsp3) is 0.636. The van der Waals surface area contributed by atoms with Crippen LogP contribution >= 0.6 is 0 Å². The molecule has 0 saturated heterocycles. The Morgan fingerprint density at radius 2 is 2.37 bits per heavy atom. The lowest BCUT2D eigenvalue weighted by Gasteiger charge is -2.13. The summed E-state index contributed by atoms with van der Waals surface area (Å²) in [5, 5.41) is 17.0. The van der Waals surface area contributed by atoms with Crippen LogP contribution in [0.1, 0.15) is 19.8 Å². The number of ether oxygens (including phenoxy) is 1. The van der Waals surface area contributed by atoms with Crippen LogP contribution < -0.4 is 10.6 Å². The molecule has 104 valence electrons. The van der Waals surface area contributed by atoms with E-state index >= 15 is 0 Å². The van der Waals surface area contributed by atoms with E-state index in [9.17, 15) is 10.1 Å². The predicted octanol–water partition coefficient (Wildman–Crippen LogP) is 1.41. The van der Waals surface area contributed by atoms with Crippen LogP contribution in [0.2, 0.25) is 0 Å². The summed E-state index contributed by atoms with van der Waals surface area (Å²) < 4.78 is 5.00. The van der Waals surface area contributed by atoms with Crippen LogP contribution in [0.25, 0.3) is 0 Å². The topological polar surface area (TPSA) is 102 Å². The lowest BCUT2D eigenvalue weighted by atomic mass is 10.4. The third kappa shape index (κ3) is 3.75. The highest BCUT2D eigenvalue weighted by Crippen LogP contribution is 2.29. The molecule has 1 aromatic heterocycles. The van der Waals surface area contributed by atoms with Gasteiger partial charge in [-0.2, -0.15) is 4.98 Å². The molecule has 1 heterocycles. The van der Waals surface area contributed by atoms with Crippen LogP contribution in [0.15, 0.2) is 6.20 Å². The van der Waals surface area contributed by atoms with Gasteiger partial charge >= 0.3 is 5.69 Å². The van der Waals surface area contributed by atoms with Crippen LogP contribution in [0.5, 0.6) is 0 Å². The number of anilines is 2. The Morgan fingerprint density at radius 3 is 2.95 bits per heavy atom. The Bertz CT molecular complexity index is 464. The summed E-state index contributed by atoms with van der Waals surface area (Å²) in [6.45, 7) is 2.42. The molecule has 1 aliphatic carbocycles. The van der Waals surface area contributed by atoms with Crippen molar-refractivity contribution in [2.75, 3.05) is 24.4 Å². The molecular weight excluding hydrogens is 250 g/mol. The molecule has 1 aliphatic rings. The van der Waals surface area contributed by atoms with E-state index in [0.29, 0.717) is 12.6 Å². The molecule has 1 atom stereocenters. The van der Waals surface area contributed by atoms with Gasteiger partial charge in [-0.1, -0.05) is 0 Å². The molecule has 2 rings (SSSR count). The Kier molecular flexibility index (Phi) is 4.10. The highest BCUT2D eigenvalue weighted by molar-refractivity contribution is 5.58. The Labute approximate surface area is 110 Å². The van der Waals surface area contributed by atoms with Crippen molar-refractivity contribution >= 4 is 17.5 Å². The van der Waals surface area contributed by atoms with E-state index in [2.05, 4.69) is 20.6 Å². The van der Waals surface area contributed by atoms with Gasteiger partial charge in [0.2, 0.25) is 11.8 Å². The summed E-state index contributed by atoms with van der Waals surface area (Å²) >= 11 is 0. The molecule has 0 radical (unpaired) electrons. The summed E-state index contributed by atoms with van der Waals surface area (Å²) in [5.74, 6) is 0.632. The van der Waals surface area contributed by atoms with E-state index in [1.807, 2.05) is 6.92 Å².